The van der Waals surface area contributed by atoms with Crippen LogP contribution in [0.3, 0.4) is 0 Å². The Kier molecular flexibility index (Phi) is 11.8. The van der Waals surface area contributed by atoms with E-state index in [1.54, 1.807) is 10.6 Å². The van der Waals surface area contributed by atoms with Crippen molar-refractivity contribution in [3.8, 4) is 22.5 Å². The molecule has 6 heteroatoms. The molecule has 0 spiro atoms. The van der Waals surface area contributed by atoms with Crippen LogP contribution < -0.4 is 4.40 Å². The van der Waals surface area contributed by atoms with Gasteiger partial charge in [-0.3, -0.25) is 0 Å². The van der Waals surface area contributed by atoms with Gasteiger partial charge in [-0.2, -0.15) is 0 Å². The average molecular weight is 849 g/mol. The van der Waals surface area contributed by atoms with Gasteiger partial charge in [0.15, 0.2) is 0 Å². The Hall–Kier alpha value is -3.12. The molecule has 1 radical (unpaired) electrons. The third kappa shape index (κ3) is 8.23. The SMILES string of the molecule is CC(C)C(C)c1ccnc(-c2[c-]ccc3c2oc2ncccc23)c1.Cc1c[c-]c(-c2cc(CC(C)C)[c]([Ge]([CH3])([CH3])[CH3])cn2)cc1.[Ir]. The van der Waals surface area contributed by atoms with Gasteiger partial charge in [-0.15, -0.1) is 18.2 Å². The number of furan rings is 1. The number of fused-ring (bicyclic) bond motifs is 3. The number of aromatic nitrogens is 3. The second-order valence-corrected chi connectivity index (χ2v) is 24.5. The van der Waals surface area contributed by atoms with E-state index in [9.17, 15) is 0 Å². The van der Waals surface area contributed by atoms with Gasteiger partial charge in [-0.25, -0.2) is 4.98 Å². The topological polar surface area (TPSA) is 51.8 Å². The van der Waals surface area contributed by atoms with E-state index in [2.05, 4.69) is 117 Å². The molecular formula is C40H45GeIrN3O-2. The predicted octanol–water partition coefficient (Wildman–Crippen LogP) is 10.2. The minimum atomic E-state index is -1.87. The number of aryl methyl sites for hydroxylation is 1. The molecule has 0 bridgehead atoms. The molecule has 0 amide bonds. The molecule has 0 aliphatic rings. The molecule has 6 rings (SSSR count). The smallest absolute Gasteiger partial charge is 0 e. The second kappa shape index (κ2) is 15.2. The summed E-state index contributed by atoms with van der Waals surface area (Å²) in [6.07, 6.45) is 6.90. The van der Waals surface area contributed by atoms with Gasteiger partial charge in [-0.05, 0) is 35.7 Å². The maximum absolute atomic E-state index is 6.00. The van der Waals surface area contributed by atoms with Crippen LogP contribution in [0.5, 0.6) is 0 Å². The summed E-state index contributed by atoms with van der Waals surface area (Å²) >= 11 is -1.87. The Balaban J connectivity index is 0.000000207. The van der Waals surface area contributed by atoms with Crippen LogP contribution in [0, 0.1) is 30.9 Å². The predicted molar refractivity (Wildman–Crippen MR) is 192 cm³/mol. The maximum atomic E-state index is 6.00. The minimum Gasteiger partial charge on any atom is 0 e. The maximum Gasteiger partial charge on any atom is 0 e. The number of pyridine rings is 3. The summed E-state index contributed by atoms with van der Waals surface area (Å²) in [4.78, 5) is 13.6. The first-order valence-electron chi connectivity index (χ1n) is 16.0. The molecule has 6 aromatic rings. The van der Waals surface area contributed by atoms with Crippen molar-refractivity contribution in [2.75, 3.05) is 0 Å². The van der Waals surface area contributed by atoms with Gasteiger partial charge in [0.05, 0.1) is 5.58 Å². The summed E-state index contributed by atoms with van der Waals surface area (Å²) in [5.74, 6) is 9.06. The van der Waals surface area contributed by atoms with E-state index in [-0.39, 0.29) is 20.1 Å². The third-order valence-corrected chi connectivity index (χ3v) is 12.8. The molecule has 4 nitrogen and oxygen atoms in total. The largest absolute Gasteiger partial charge is 0 e. The number of rotatable bonds is 7. The Morgan fingerprint density at radius 2 is 1.61 bits per heavy atom. The van der Waals surface area contributed by atoms with Crippen LogP contribution in [0.25, 0.3) is 44.6 Å². The van der Waals surface area contributed by atoms with Gasteiger partial charge in [0.2, 0.25) is 5.71 Å². The molecular weight excluding hydrogens is 803 g/mol. The van der Waals surface area contributed by atoms with Crippen LogP contribution in [0.1, 0.15) is 57.2 Å². The Morgan fingerprint density at radius 1 is 0.826 bits per heavy atom. The minimum absolute atomic E-state index is 0. The van der Waals surface area contributed by atoms with Crippen molar-refractivity contribution in [3.63, 3.8) is 0 Å². The zero-order valence-electron chi connectivity index (χ0n) is 28.5. The van der Waals surface area contributed by atoms with Crippen molar-refractivity contribution in [1.82, 2.24) is 15.0 Å². The first-order valence-corrected chi connectivity index (χ1v) is 23.4. The molecule has 2 aromatic carbocycles. The normalized spacial score (nSPS) is 12.2. The Bertz CT molecular complexity index is 1900. The van der Waals surface area contributed by atoms with Gasteiger partial charge >= 0.3 is 132 Å². The second-order valence-electron chi connectivity index (χ2n) is 13.9. The molecule has 0 N–H and O–H groups in total. The van der Waals surface area contributed by atoms with Crippen LogP contribution in [0.4, 0.5) is 0 Å². The van der Waals surface area contributed by atoms with E-state index in [1.165, 1.54) is 16.7 Å². The fourth-order valence-corrected chi connectivity index (χ4v) is 8.94. The summed E-state index contributed by atoms with van der Waals surface area (Å²) in [5.41, 5.74) is 9.41. The summed E-state index contributed by atoms with van der Waals surface area (Å²) in [5, 5.41) is 2.07. The molecule has 46 heavy (non-hydrogen) atoms. The molecule has 0 aliphatic heterocycles. The van der Waals surface area contributed by atoms with E-state index in [4.69, 9.17) is 9.40 Å². The van der Waals surface area contributed by atoms with E-state index in [1.807, 2.05) is 36.5 Å². The van der Waals surface area contributed by atoms with Crippen LogP contribution in [-0.4, -0.2) is 28.2 Å². The van der Waals surface area contributed by atoms with Gasteiger partial charge in [0.25, 0.3) is 0 Å². The molecule has 241 valence electrons. The fourth-order valence-electron chi connectivity index (χ4n) is 5.61. The summed E-state index contributed by atoms with van der Waals surface area (Å²) in [6, 6.07) is 27.4. The number of hydrogen-bond acceptors (Lipinski definition) is 4. The zero-order valence-corrected chi connectivity index (χ0v) is 33.0. The van der Waals surface area contributed by atoms with E-state index < -0.39 is 13.3 Å². The van der Waals surface area contributed by atoms with Crippen molar-refractivity contribution in [2.45, 2.75) is 71.1 Å². The van der Waals surface area contributed by atoms with Gasteiger partial charge in [0, 0.05) is 37.9 Å². The van der Waals surface area contributed by atoms with Crippen molar-refractivity contribution in [3.05, 3.63) is 108 Å². The average Bonchev–Trinajstić information content (AvgIpc) is 3.39. The van der Waals surface area contributed by atoms with Crippen LogP contribution in [0.2, 0.25) is 17.3 Å². The van der Waals surface area contributed by atoms with E-state index >= 15 is 0 Å². The van der Waals surface area contributed by atoms with Crippen molar-refractivity contribution >= 4 is 39.7 Å². The quantitative estimate of drug-likeness (QED) is 0.119. The molecule has 1 atom stereocenters. The molecule has 0 fully saturated rings. The molecule has 1 unspecified atom stereocenters. The van der Waals surface area contributed by atoms with Crippen LogP contribution in [0.15, 0.2) is 83.7 Å². The zero-order chi connectivity index (χ0) is 32.3. The molecule has 0 aliphatic carbocycles. The molecule has 0 saturated carbocycles. The molecule has 4 heterocycles. The summed E-state index contributed by atoms with van der Waals surface area (Å²) in [6.45, 7) is 13.4. The number of benzene rings is 2. The first kappa shape index (κ1) is 35.7. The summed E-state index contributed by atoms with van der Waals surface area (Å²) in [7, 11) is 0. The Morgan fingerprint density at radius 3 is 2.28 bits per heavy atom. The van der Waals surface area contributed by atoms with E-state index in [0.717, 1.165) is 45.3 Å². The van der Waals surface area contributed by atoms with Crippen molar-refractivity contribution in [2.24, 2.45) is 11.8 Å². The van der Waals surface area contributed by atoms with Crippen LogP contribution >= 0.6 is 0 Å². The molecule has 4 aromatic heterocycles. The Labute approximate surface area is 291 Å². The summed E-state index contributed by atoms with van der Waals surface area (Å²) < 4.78 is 7.54. The monoisotopic (exact) mass is 850 g/mol. The van der Waals surface area contributed by atoms with Crippen molar-refractivity contribution < 1.29 is 24.5 Å². The molecule has 0 saturated heterocycles. The van der Waals surface area contributed by atoms with Crippen LogP contribution in [-0.2, 0) is 26.5 Å². The van der Waals surface area contributed by atoms with Crippen molar-refractivity contribution in [1.29, 1.82) is 0 Å². The fraction of sp³-hybridized carbons (Fsp3) is 0.325. The standard InChI is InChI=1S/C21H19N2O.C19H26GeN.Ir/c1-13(2)14(3)15-9-11-22-19(12-15)18-7-4-6-16-17-8-5-10-23-21(17)24-20(16)18;1-14(2)11-17-12-19(16-9-7-15(3)8-10-16)21-13-18(17)20(4,5)6;/h4-6,8-14H,1-3H3;7-9,12-14H,11H2,1-6H3;/q2*-1;. The van der Waals surface area contributed by atoms with Gasteiger partial charge < -0.3 is 9.40 Å². The van der Waals surface area contributed by atoms with E-state index in [0.29, 0.717) is 23.5 Å². The third-order valence-electron chi connectivity index (χ3n) is 8.45. The van der Waals surface area contributed by atoms with Gasteiger partial charge in [0.1, 0.15) is 0 Å². The number of nitrogens with zero attached hydrogens (tertiary/aromatic N) is 3. The number of hydrogen-bond donors (Lipinski definition) is 0. The first-order chi connectivity index (χ1) is 21.4. The van der Waals surface area contributed by atoms with Gasteiger partial charge in [-0.1, -0.05) is 43.4 Å².